The Morgan fingerprint density at radius 3 is 2.90 bits per heavy atom. The first-order valence-corrected chi connectivity index (χ1v) is 8.12. The van der Waals surface area contributed by atoms with Crippen LogP contribution in [0.5, 0.6) is 0 Å². The van der Waals surface area contributed by atoms with Crippen molar-refractivity contribution >= 4 is 22.4 Å². The van der Waals surface area contributed by atoms with Crippen LogP contribution in [-0.2, 0) is 4.79 Å². The zero-order valence-corrected chi connectivity index (χ0v) is 12.7. The van der Waals surface area contributed by atoms with Crippen molar-refractivity contribution in [2.24, 2.45) is 17.6 Å². The average Bonchev–Trinajstić information content (AvgIpc) is 2.89. The number of carbonyl (C=O) groups is 1. The van der Waals surface area contributed by atoms with E-state index in [2.05, 4.69) is 17.2 Å². The molecule has 0 radical (unpaired) electrons. The maximum Gasteiger partial charge on any atom is 0.326 e. The third kappa shape index (κ3) is 4.18. The molecular formula is C14H23N3O2S. The van der Waals surface area contributed by atoms with E-state index >= 15 is 0 Å². The van der Waals surface area contributed by atoms with Crippen molar-refractivity contribution < 1.29 is 9.90 Å². The van der Waals surface area contributed by atoms with E-state index in [0.29, 0.717) is 5.69 Å². The number of carboxylic acid groups (broad SMARTS) is 1. The summed E-state index contributed by atoms with van der Waals surface area (Å²) in [4.78, 5) is 15.0. The number of anilines is 1. The third-order valence-electron chi connectivity index (χ3n) is 4.07. The number of aliphatic carboxylic acids is 1. The summed E-state index contributed by atoms with van der Waals surface area (Å²) < 4.78 is 0. The van der Waals surface area contributed by atoms with Crippen molar-refractivity contribution in [3.8, 4) is 0 Å². The lowest BCUT2D eigenvalue weighted by Gasteiger charge is -2.26. The first kappa shape index (κ1) is 15.3. The van der Waals surface area contributed by atoms with E-state index in [4.69, 9.17) is 10.8 Å². The second-order valence-electron chi connectivity index (χ2n) is 5.73. The van der Waals surface area contributed by atoms with Gasteiger partial charge < -0.3 is 16.2 Å². The Kier molecular flexibility index (Phi) is 5.37. The highest BCUT2D eigenvalue weighted by molar-refractivity contribution is 7.13. The van der Waals surface area contributed by atoms with Gasteiger partial charge in [-0.3, -0.25) is 4.79 Å². The lowest BCUT2D eigenvalue weighted by atomic mass is 9.81. The van der Waals surface area contributed by atoms with Gasteiger partial charge in [-0.05, 0) is 18.3 Å². The number of thiazole rings is 1. The summed E-state index contributed by atoms with van der Waals surface area (Å²) in [5.41, 5.74) is 5.95. The van der Waals surface area contributed by atoms with Gasteiger partial charge in [0.1, 0.15) is 6.04 Å². The molecule has 0 bridgehead atoms. The molecule has 1 aromatic heterocycles. The van der Waals surface area contributed by atoms with Crippen LogP contribution in [0.3, 0.4) is 0 Å². The predicted octanol–water partition coefficient (Wildman–Crippen LogP) is 2.86. The van der Waals surface area contributed by atoms with E-state index in [1.165, 1.54) is 37.0 Å². The highest BCUT2D eigenvalue weighted by Crippen LogP contribution is 2.30. The quantitative estimate of drug-likeness (QED) is 0.751. The third-order valence-corrected chi connectivity index (χ3v) is 4.89. The topological polar surface area (TPSA) is 88.2 Å². The molecule has 6 heteroatoms. The van der Waals surface area contributed by atoms with Crippen molar-refractivity contribution in [3.63, 3.8) is 0 Å². The van der Waals surface area contributed by atoms with Crippen molar-refractivity contribution in [1.82, 2.24) is 4.98 Å². The summed E-state index contributed by atoms with van der Waals surface area (Å²) in [5.74, 6) is 0.663. The molecule has 0 aromatic carbocycles. The Morgan fingerprint density at radius 2 is 2.25 bits per heavy atom. The molecule has 0 aliphatic heterocycles. The van der Waals surface area contributed by atoms with Crippen LogP contribution in [0, 0.1) is 11.8 Å². The van der Waals surface area contributed by atoms with Gasteiger partial charge in [0.25, 0.3) is 0 Å². The molecule has 1 unspecified atom stereocenters. The fourth-order valence-electron chi connectivity index (χ4n) is 2.64. The molecule has 20 heavy (non-hydrogen) atoms. The number of aromatic nitrogens is 1. The Hall–Kier alpha value is -1.14. The van der Waals surface area contributed by atoms with Gasteiger partial charge in [-0.1, -0.05) is 32.6 Å². The summed E-state index contributed by atoms with van der Waals surface area (Å²) in [7, 11) is 0. The van der Waals surface area contributed by atoms with Gasteiger partial charge in [0.05, 0.1) is 5.69 Å². The van der Waals surface area contributed by atoms with E-state index < -0.39 is 12.0 Å². The van der Waals surface area contributed by atoms with Gasteiger partial charge in [0, 0.05) is 11.9 Å². The highest BCUT2D eigenvalue weighted by Gasteiger charge is 2.19. The molecule has 1 aromatic rings. The molecule has 0 saturated heterocycles. The molecule has 2 rings (SSSR count). The van der Waals surface area contributed by atoms with E-state index in [9.17, 15) is 4.79 Å². The Bertz CT molecular complexity index is 441. The van der Waals surface area contributed by atoms with Gasteiger partial charge in [-0.2, -0.15) is 0 Å². The second-order valence-corrected chi connectivity index (χ2v) is 6.59. The lowest BCUT2D eigenvalue weighted by molar-refractivity contribution is -0.138. The van der Waals surface area contributed by atoms with E-state index in [0.717, 1.165) is 29.9 Å². The number of hydrogen-bond acceptors (Lipinski definition) is 5. The highest BCUT2D eigenvalue weighted by atomic mass is 32.1. The zero-order valence-electron chi connectivity index (χ0n) is 11.8. The molecule has 4 N–H and O–H groups in total. The summed E-state index contributed by atoms with van der Waals surface area (Å²) in [6.07, 6.45) is 6.51. The summed E-state index contributed by atoms with van der Waals surface area (Å²) >= 11 is 1.42. The molecule has 0 spiro atoms. The standard InChI is InChI=1S/C14H23N3O2S/c1-9-2-4-10(5-3-9)6-7-16-14-17-11(8-20-14)12(15)13(18)19/h8-10,12H,2-7,15H2,1H3,(H,16,17)(H,18,19). The number of nitrogens with two attached hydrogens (primary N) is 1. The predicted molar refractivity (Wildman–Crippen MR) is 80.9 cm³/mol. The summed E-state index contributed by atoms with van der Waals surface area (Å²) in [6, 6.07) is -1.03. The monoisotopic (exact) mass is 297 g/mol. The van der Waals surface area contributed by atoms with Crippen molar-refractivity contribution in [2.45, 2.75) is 45.1 Å². The zero-order chi connectivity index (χ0) is 14.5. The number of nitrogens with one attached hydrogen (secondary N) is 1. The van der Waals surface area contributed by atoms with Crippen LogP contribution in [-0.4, -0.2) is 22.6 Å². The Balaban J connectivity index is 1.73. The largest absolute Gasteiger partial charge is 0.480 e. The first-order chi connectivity index (χ1) is 9.56. The number of hydrogen-bond donors (Lipinski definition) is 3. The van der Waals surface area contributed by atoms with Gasteiger partial charge in [-0.25, -0.2) is 4.98 Å². The van der Waals surface area contributed by atoms with E-state index in [-0.39, 0.29) is 0 Å². The summed E-state index contributed by atoms with van der Waals surface area (Å²) in [5, 5.41) is 14.6. The van der Waals surface area contributed by atoms with Crippen LogP contribution < -0.4 is 11.1 Å². The lowest BCUT2D eigenvalue weighted by Crippen LogP contribution is -2.21. The van der Waals surface area contributed by atoms with Gasteiger partial charge in [-0.15, -0.1) is 11.3 Å². The van der Waals surface area contributed by atoms with Crippen LogP contribution in [0.2, 0.25) is 0 Å². The second kappa shape index (κ2) is 7.04. The molecule has 0 amide bonds. The molecule has 1 heterocycles. The molecule has 5 nitrogen and oxygen atoms in total. The van der Waals surface area contributed by atoms with Crippen LogP contribution in [0.25, 0.3) is 0 Å². The summed E-state index contributed by atoms with van der Waals surface area (Å²) in [6.45, 7) is 3.23. The Morgan fingerprint density at radius 1 is 1.55 bits per heavy atom. The van der Waals surface area contributed by atoms with Crippen molar-refractivity contribution in [1.29, 1.82) is 0 Å². The smallest absolute Gasteiger partial charge is 0.326 e. The van der Waals surface area contributed by atoms with Crippen LogP contribution >= 0.6 is 11.3 Å². The van der Waals surface area contributed by atoms with E-state index in [1.54, 1.807) is 5.38 Å². The molecule has 112 valence electrons. The van der Waals surface area contributed by atoms with Crippen LogP contribution in [0.15, 0.2) is 5.38 Å². The maximum absolute atomic E-state index is 10.8. The first-order valence-electron chi connectivity index (χ1n) is 7.24. The fourth-order valence-corrected chi connectivity index (χ4v) is 3.41. The molecule has 1 atom stereocenters. The maximum atomic E-state index is 10.8. The normalized spacial score (nSPS) is 24.3. The van der Waals surface area contributed by atoms with Gasteiger partial charge in [0.2, 0.25) is 0 Å². The van der Waals surface area contributed by atoms with Crippen LogP contribution in [0.1, 0.15) is 50.8 Å². The van der Waals surface area contributed by atoms with Crippen molar-refractivity contribution in [3.05, 3.63) is 11.1 Å². The minimum Gasteiger partial charge on any atom is -0.480 e. The molecular weight excluding hydrogens is 274 g/mol. The molecule has 1 aliphatic rings. The molecule has 1 saturated carbocycles. The number of nitrogens with zero attached hydrogens (tertiary/aromatic N) is 1. The molecule has 1 fully saturated rings. The average molecular weight is 297 g/mol. The minimum atomic E-state index is -1.04. The fraction of sp³-hybridized carbons (Fsp3) is 0.714. The van der Waals surface area contributed by atoms with Crippen LogP contribution in [0.4, 0.5) is 5.13 Å². The van der Waals surface area contributed by atoms with E-state index in [1.807, 2.05) is 0 Å². The molecule has 1 aliphatic carbocycles. The number of carboxylic acids is 1. The van der Waals surface area contributed by atoms with Gasteiger partial charge >= 0.3 is 5.97 Å². The SMILES string of the molecule is CC1CCC(CCNc2nc(C(N)C(=O)O)cs2)CC1. The van der Waals surface area contributed by atoms with Gasteiger partial charge in [0.15, 0.2) is 5.13 Å². The van der Waals surface area contributed by atoms with Crippen molar-refractivity contribution in [2.75, 3.05) is 11.9 Å². The Labute approximate surface area is 123 Å². The minimum absolute atomic E-state index is 0.427. The number of rotatable bonds is 6.